The maximum atomic E-state index is 5.49. The first-order valence-electron chi connectivity index (χ1n) is 21.3. The Kier molecular flexibility index (Phi) is 7.62. The molecule has 0 spiro atoms. The Morgan fingerprint density at radius 2 is 0.885 bits per heavy atom. The summed E-state index contributed by atoms with van der Waals surface area (Å²) in [6, 6.07) is 66.8. The van der Waals surface area contributed by atoms with Crippen molar-refractivity contribution in [3.05, 3.63) is 210 Å². The predicted molar refractivity (Wildman–Crippen MR) is 253 cm³/mol. The van der Waals surface area contributed by atoms with Crippen LogP contribution in [0.15, 0.2) is 188 Å². The number of pyridine rings is 1. The largest absolute Gasteiger partial charge is 0.277 e. The van der Waals surface area contributed by atoms with Crippen LogP contribution in [0.3, 0.4) is 0 Å². The number of hydrogen-bond donors (Lipinski definition) is 0. The van der Waals surface area contributed by atoms with Crippen LogP contribution >= 0.6 is 0 Å². The molecule has 3 nitrogen and oxygen atoms in total. The monoisotopic (exact) mass is 781 g/mol. The number of nitrogens with zero attached hydrogens (tertiary/aromatic N) is 3. The van der Waals surface area contributed by atoms with Crippen molar-refractivity contribution in [2.75, 3.05) is 0 Å². The third-order valence-corrected chi connectivity index (χ3v) is 13.6. The van der Waals surface area contributed by atoms with Crippen molar-refractivity contribution in [2.45, 2.75) is 38.5 Å². The van der Waals surface area contributed by atoms with Crippen molar-refractivity contribution in [3.63, 3.8) is 0 Å². The highest BCUT2D eigenvalue weighted by molar-refractivity contribution is 5.92. The quantitative estimate of drug-likeness (QED) is 0.174. The zero-order chi connectivity index (χ0) is 41.0. The Bertz CT molecular complexity index is 3300. The normalized spacial score (nSPS) is 14.2. The van der Waals surface area contributed by atoms with Crippen LogP contribution in [-0.4, -0.2) is 14.5 Å². The van der Waals surface area contributed by atoms with Gasteiger partial charge in [0.05, 0.1) is 0 Å². The molecule has 0 amide bonds. The van der Waals surface area contributed by atoms with E-state index in [4.69, 9.17) is 9.97 Å². The first-order chi connectivity index (χ1) is 29.7. The molecule has 2 aromatic heterocycles. The number of benzene rings is 8. The van der Waals surface area contributed by atoms with Crippen molar-refractivity contribution >= 4 is 21.9 Å². The van der Waals surface area contributed by atoms with E-state index in [1.165, 1.54) is 66.4 Å². The number of aromatic nitrogens is 3. The topological polar surface area (TPSA) is 30.7 Å². The van der Waals surface area contributed by atoms with E-state index in [-0.39, 0.29) is 10.8 Å². The van der Waals surface area contributed by atoms with Crippen LogP contribution in [0, 0.1) is 0 Å². The lowest BCUT2D eigenvalue weighted by Crippen LogP contribution is -2.14. The van der Waals surface area contributed by atoms with Crippen LogP contribution < -0.4 is 0 Å². The fraction of sp³-hybridized carbons (Fsp3) is 0.103. The van der Waals surface area contributed by atoms with Crippen LogP contribution in [0.1, 0.15) is 49.9 Å². The molecular weight excluding hydrogens is 739 g/mol. The number of imidazole rings is 1. The smallest absolute Gasteiger partial charge is 0.164 e. The summed E-state index contributed by atoms with van der Waals surface area (Å²) in [7, 11) is 0. The van der Waals surface area contributed by atoms with E-state index in [0.717, 1.165) is 50.5 Å². The van der Waals surface area contributed by atoms with E-state index in [0.29, 0.717) is 0 Å². The minimum atomic E-state index is -0.0643. The second-order valence-corrected chi connectivity index (χ2v) is 17.9. The van der Waals surface area contributed by atoms with E-state index >= 15 is 0 Å². The van der Waals surface area contributed by atoms with Gasteiger partial charge >= 0.3 is 0 Å². The summed E-state index contributed by atoms with van der Waals surface area (Å²) in [5, 5.41) is 2.43. The van der Waals surface area contributed by atoms with E-state index < -0.39 is 0 Å². The van der Waals surface area contributed by atoms with Gasteiger partial charge in [0.2, 0.25) is 0 Å². The third-order valence-electron chi connectivity index (χ3n) is 13.6. The minimum Gasteiger partial charge on any atom is -0.277 e. The van der Waals surface area contributed by atoms with Crippen molar-refractivity contribution in [2.24, 2.45) is 0 Å². The molecule has 0 atom stereocenters. The Labute approximate surface area is 356 Å². The summed E-state index contributed by atoms with van der Waals surface area (Å²) in [6.07, 6.45) is 1.99. The predicted octanol–water partition coefficient (Wildman–Crippen LogP) is 14.9. The number of fused-ring (bicyclic) bond motifs is 8. The van der Waals surface area contributed by atoms with E-state index in [9.17, 15) is 0 Å². The van der Waals surface area contributed by atoms with Crippen molar-refractivity contribution in [1.82, 2.24) is 14.5 Å². The molecule has 2 aliphatic rings. The highest BCUT2D eigenvalue weighted by Gasteiger charge is 2.36. The Hall–Kier alpha value is -7.36. The molecule has 2 aliphatic carbocycles. The van der Waals surface area contributed by atoms with Gasteiger partial charge in [0.25, 0.3) is 0 Å². The lowest BCUT2D eigenvalue weighted by atomic mass is 9.82. The van der Waals surface area contributed by atoms with Gasteiger partial charge in [0, 0.05) is 33.8 Å². The molecular formula is C58H43N3. The maximum absolute atomic E-state index is 5.49. The van der Waals surface area contributed by atoms with E-state index in [2.05, 4.69) is 214 Å². The molecule has 0 unspecified atom stereocenters. The van der Waals surface area contributed by atoms with Gasteiger partial charge in [-0.3, -0.25) is 4.57 Å². The number of rotatable bonds is 5. The minimum absolute atomic E-state index is 0.0643. The summed E-state index contributed by atoms with van der Waals surface area (Å²) >= 11 is 0. The first-order valence-corrected chi connectivity index (χ1v) is 21.3. The van der Waals surface area contributed by atoms with Gasteiger partial charge < -0.3 is 0 Å². The van der Waals surface area contributed by atoms with Crippen LogP contribution in [0.4, 0.5) is 0 Å². The van der Waals surface area contributed by atoms with Crippen molar-refractivity contribution in [1.29, 1.82) is 0 Å². The van der Waals surface area contributed by atoms with Gasteiger partial charge in [-0.1, -0.05) is 155 Å². The summed E-state index contributed by atoms with van der Waals surface area (Å²) < 4.78 is 2.23. The Morgan fingerprint density at radius 1 is 0.377 bits per heavy atom. The Morgan fingerprint density at radius 3 is 1.52 bits per heavy atom. The molecule has 0 saturated carbocycles. The van der Waals surface area contributed by atoms with E-state index in [1.54, 1.807) is 0 Å². The van der Waals surface area contributed by atoms with Gasteiger partial charge in [-0.25, -0.2) is 9.97 Å². The van der Waals surface area contributed by atoms with E-state index in [1.807, 2.05) is 6.20 Å². The average Bonchev–Trinajstić information content (AvgIpc) is 3.88. The molecule has 8 aromatic carbocycles. The molecule has 0 aliphatic heterocycles. The van der Waals surface area contributed by atoms with Crippen LogP contribution in [0.25, 0.3) is 94.6 Å². The third kappa shape index (κ3) is 5.43. The maximum Gasteiger partial charge on any atom is 0.164 e. The second kappa shape index (κ2) is 13.1. The summed E-state index contributed by atoms with van der Waals surface area (Å²) in [4.78, 5) is 10.7. The highest BCUT2D eigenvalue weighted by Crippen LogP contribution is 2.51. The lowest BCUT2D eigenvalue weighted by Gasteiger charge is -2.21. The van der Waals surface area contributed by atoms with Crippen molar-refractivity contribution < 1.29 is 0 Å². The fourth-order valence-corrected chi connectivity index (χ4v) is 10.4. The molecule has 2 heterocycles. The lowest BCUT2D eigenvalue weighted by molar-refractivity contribution is 0.660. The van der Waals surface area contributed by atoms with Gasteiger partial charge in [-0.15, -0.1) is 0 Å². The molecule has 0 saturated heterocycles. The van der Waals surface area contributed by atoms with Gasteiger partial charge in [0.15, 0.2) is 5.65 Å². The average molecular weight is 782 g/mol. The van der Waals surface area contributed by atoms with Crippen LogP contribution in [-0.2, 0) is 10.8 Å². The zero-order valence-electron chi connectivity index (χ0n) is 34.7. The highest BCUT2D eigenvalue weighted by atomic mass is 15.1. The molecule has 10 aromatic rings. The summed E-state index contributed by atoms with van der Waals surface area (Å²) in [5.74, 6) is 0.854. The Balaban J connectivity index is 1.08. The zero-order valence-corrected chi connectivity index (χ0v) is 34.7. The molecule has 0 N–H and O–H groups in total. The van der Waals surface area contributed by atoms with Gasteiger partial charge in [0.1, 0.15) is 11.3 Å². The SMILES string of the molecule is CC1(C)c2ccccc2-c2cc(-c3cc(-c4ccc5c(c4)-c4ccccc4C5(C)C)cc(-c4nc5cc(-c6ccc7ccccc7c6)cnc5n4-c4ccccc4)c3)ccc21. The van der Waals surface area contributed by atoms with Crippen molar-refractivity contribution in [3.8, 4) is 72.7 Å². The number of para-hydroxylation sites is 1. The standard InChI is InChI=1S/C58H43N3/c1-57(2)50-20-12-10-18-46(50)48-32-39(24-26-52(48)57)41-29-42(40-25-27-53-49(33-40)47-19-11-13-21-51(47)58(53,3)4)31-43(30-41)55-60-54-34-44(38-23-22-36-14-8-9-15-37(36)28-38)35-59-56(54)61(55)45-16-6-5-7-17-45/h5-35H,1-4H3. The second-order valence-electron chi connectivity index (χ2n) is 17.9. The molecule has 61 heavy (non-hydrogen) atoms. The van der Waals surface area contributed by atoms with Crippen LogP contribution in [0.5, 0.6) is 0 Å². The number of hydrogen-bond acceptors (Lipinski definition) is 2. The fourth-order valence-electron chi connectivity index (χ4n) is 10.4. The molecule has 290 valence electrons. The molecule has 0 fully saturated rings. The first kappa shape index (κ1) is 35.6. The molecule has 3 heteroatoms. The molecule has 0 bridgehead atoms. The summed E-state index contributed by atoms with van der Waals surface area (Å²) in [6.45, 7) is 9.38. The van der Waals surface area contributed by atoms with Gasteiger partial charge in [-0.05, 0) is 138 Å². The summed E-state index contributed by atoms with van der Waals surface area (Å²) in [5.41, 5.74) is 21.2. The molecule has 12 rings (SSSR count). The molecule has 0 radical (unpaired) electrons. The van der Waals surface area contributed by atoms with Crippen LogP contribution in [0.2, 0.25) is 0 Å². The van der Waals surface area contributed by atoms with Gasteiger partial charge in [-0.2, -0.15) is 0 Å².